The summed E-state index contributed by atoms with van der Waals surface area (Å²) in [5, 5.41) is 2.91. The average Bonchev–Trinajstić information content (AvgIpc) is 2.63. The lowest BCUT2D eigenvalue weighted by Crippen LogP contribution is -2.43. The Labute approximate surface area is 138 Å². The van der Waals surface area contributed by atoms with Crippen molar-refractivity contribution in [2.45, 2.75) is 38.8 Å². The summed E-state index contributed by atoms with van der Waals surface area (Å²) in [5.41, 5.74) is -0.456. The molecule has 1 atom stereocenters. The van der Waals surface area contributed by atoms with E-state index in [0.29, 0.717) is 0 Å². The molecule has 0 radical (unpaired) electrons. The lowest BCUT2D eigenvalue weighted by Gasteiger charge is -2.26. The second-order valence-corrected chi connectivity index (χ2v) is 6.00. The van der Waals surface area contributed by atoms with Gasteiger partial charge >= 0.3 is 6.09 Å². The maximum atomic E-state index is 11.7. The second-order valence-electron chi connectivity index (χ2n) is 6.00. The molecular weight excluding hydrogens is 371 g/mol. The number of hydrogen-bond donors (Lipinski definition) is 1. The predicted octanol–water partition coefficient (Wildman–Crippen LogP) is 1.75. The number of amides is 1. The highest BCUT2D eigenvalue weighted by Gasteiger charge is 2.28. The molecule has 0 aromatic rings. The Bertz CT molecular complexity index is 353. The molecule has 1 heterocycles. The fourth-order valence-corrected chi connectivity index (χ4v) is 2.16. The van der Waals surface area contributed by atoms with Crippen LogP contribution in [0.4, 0.5) is 4.79 Å². The molecule has 0 saturated carbocycles. The molecule has 1 saturated heterocycles. The second kappa shape index (κ2) is 7.90. The van der Waals surface area contributed by atoms with E-state index in [1.165, 1.54) is 0 Å². The first-order valence-electron chi connectivity index (χ1n) is 6.61. The Morgan fingerprint density at radius 1 is 1.40 bits per heavy atom. The van der Waals surface area contributed by atoms with Gasteiger partial charge in [0.1, 0.15) is 5.60 Å². The lowest BCUT2D eigenvalue weighted by atomic mass is 10.2. The Morgan fingerprint density at radius 2 is 2.00 bits per heavy atom. The van der Waals surface area contributed by atoms with Crippen LogP contribution in [0.25, 0.3) is 0 Å². The van der Waals surface area contributed by atoms with Crippen LogP contribution >= 0.6 is 24.0 Å². The van der Waals surface area contributed by atoms with E-state index in [1.54, 1.807) is 7.05 Å². The number of guanidine groups is 1. The first-order valence-corrected chi connectivity index (χ1v) is 6.61. The molecule has 118 valence electrons. The van der Waals surface area contributed by atoms with E-state index < -0.39 is 5.60 Å². The normalized spacial score (nSPS) is 19.4. The highest BCUT2D eigenvalue weighted by atomic mass is 127. The monoisotopic (exact) mass is 398 g/mol. The highest BCUT2D eigenvalue weighted by Crippen LogP contribution is 2.12. The highest BCUT2D eigenvalue weighted by molar-refractivity contribution is 14.0. The number of alkyl carbamates (subject to hydrolysis) is 1. The quantitative estimate of drug-likeness (QED) is 0.416. The molecule has 7 heteroatoms. The van der Waals surface area contributed by atoms with Crippen LogP contribution in [0.1, 0.15) is 27.2 Å². The molecular formula is C13H27IN4O2. The molecule has 20 heavy (non-hydrogen) atoms. The summed E-state index contributed by atoms with van der Waals surface area (Å²) in [6, 6.07) is 0.117. The minimum Gasteiger partial charge on any atom is -0.444 e. The Hall–Kier alpha value is -0.730. The number of likely N-dealkylation sites (tertiary alicyclic amines) is 1. The summed E-state index contributed by atoms with van der Waals surface area (Å²) in [5.74, 6) is 0.938. The third-order valence-corrected chi connectivity index (χ3v) is 2.79. The molecule has 0 aromatic heterocycles. The van der Waals surface area contributed by atoms with Gasteiger partial charge in [-0.15, -0.1) is 24.0 Å². The van der Waals surface area contributed by atoms with Crippen LogP contribution in [-0.2, 0) is 4.74 Å². The third kappa shape index (κ3) is 6.15. The zero-order valence-corrected chi connectivity index (χ0v) is 15.6. The van der Waals surface area contributed by atoms with Crippen molar-refractivity contribution in [2.24, 2.45) is 4.99 Å². The van der Waals surface area contributed by atoms with Gasteiger partial charge in [0.25, 0.3) is 0 Å². The summed E-state index contributed by atoms with van der Waals surface area (Å²) in [7, 11) is 5.72. The van der Waals surface area contributed by atoms with Gasteiger partial charge in [-0.3, -0.25) is 4.99 Å². The molecule has 0 aliphatic carbocycles. The number of carbonyl (C=O) groups excluding carboxylic acids is 1. The van der Waals surface area contributed by atoms with Crippen LogP contribution in [0, 0.1) is 0 Å². The van der Waals surface area contributed by atoms with Crippen LogP contribution in [0.5, 0.6) is 0 Å². The minimum atomic E-state index is -0.456. The van der Waals surface area contributed by atoms with Crippen LogP contribution in [0.3, 0.4) is 0 Å². The van der Waals surface area contributed by atoms with Crippen molar-refractivity contribution in [1.29, 1.82) is 0 Å². The standard InChI is InChI=1S/C13H26N4O2.HI/c1-13(2,3)19-12(18)15-10-7-8-17(9-10)11(14-4)16(5)6;/h10H,7-9H2,1-6H3,(H,15,18);1H. The van der Waals surface area contributed by atoms with Crippen molar-refractivity contribution in [3.63, 3.8) is 0 Å². The van der Waals surface area contributed by atoms with E-state index in [9.17, 15) is 4.79 Å². The number of hydrogen-bond acceptors (Lipinski definition) is 3. The summed E-state index contributed by atoms with van der Waals surface area (Å²) in [6.07, 6.45) is 0.561. The SMILES string of the molecule is CN=C(N(C)C)N1CCC(NC(=O)OC(C)(C)C)C1.I. The molecule has 0 spiro atoms. The van der Waals surface area contributed by atoms with E-state index in [0.717, 1.165) is 25.5 Å². The van der Waals surface area contributed by atoms with Gasteiger partial charge in [0, 0.05) is 34.2 Å². The Morgan fingerprint density at radius 3 is 2.45 bits per heavy atom. The van der Waals surface area contributed by atoms with Gasteiger partial charge in [-0.05, 0) is 27.2 Å². The number of carbonyl (C=O) groups is 1. The molecule has 1 rings (SSSR count). The largest absolute Gasteiger partial charge is 0.444 e. The molecule has 1 N–H and O–H groups in total. The van der Waals surface area contributed by atoms with E-state index in [2.05, 4.69) is 15.2 Å². The summed E-state index contributed by atoms with van der Waals surface area (Å²) in [6.45, 7) is 7.25. The predicted molar refractivity (Wildman–Crippen MR) is 91.8 cm³/mol. The van der Waals surface area contributed by atoms with Crippen LogP contribution in [0.15, 0.2) is 4.99 Å². The Balaban J connectivity index is 0.00000361. The number of ether oxygens (including phenoxy) is 1. The fraction of sp³-hybridized carbons (Fsp3) is 0.846. The van der Waals surface area contributed by atoms with Crippen molar-refractivity contribution in [3.8, 4) is 0 Å². The number of nitrogens with zero attached hydrogens (tertiary/aromatic N) is 3. The number of halogens is 1. The summed E-state index contributed by atoms with van der Waals surface area (Å²) >= 11 is 0. The maximum absolute atomic E-state index is 11.7. The summed E-state index contributed by atoms with van der Waals surface area (Å²) < 4.78 is 5.26. The third-order valence-electron chi connectivity index (χ3n) is 2.79. The average molecular weight is 398 g/mol. The number of rotatable bonds is 1. The molecule has 0 bridgehead atoms. The molecule has 1 unspecified atom stereocenters. The molecule has 1 fully saturated rings. The van der Waals surface area contributed by atoms with Gasteiger partial charge < -0.3 is 19.9 Å². The van der Waals surface area contributed by atoms with Crippen molar-refractivity contribution in [2.75, 3.05) is 34.2 Å². The molecule has 0 aromatic carbocycles. The van der Waals surface area contributed by atoms with Crippen LogP contribution < -0.4 is 5.32 Å². The van der Waals surface area contributed by atoms with Crippen molar-refractivity contribution >= 4 is 36.0 Å². The zero-order valence-electron chi connectivity index (χ0n) is 13.3. The topological polar surface area (TPSA) is 57.2 Å². The first-order chi connectivity index (χ1) is 8.73. The molecule has 6 nitrogen and oxygen atoms in total. The number of nitrogens with one attached hydrogen (secondary N) is 1. The van der Waals surface area contributed by atoms with Gasteiger partial charge in [0.15, 0.2) is 5.96 Å². The van der Waals surface area contributed by atoms with Crippen molar-refractivity contribution in [3.05, 3.63) is 0 Å². The smallest absolute Gasteiger partial charge is 0.407 e. The van der Waals surface area contributed by atoms with Crippen molar-refractivity contribution < 1.29 is 9.53 Å². The van der Waals surface area contributed by atoms with E-state index in [1.807, 2.05) is 39.8 Å². The minimum absolute atomic E-state index is 0. The van der Waals surface area contributed by atoms with Gasteiger partial charge in [0.2, 0.25) is 0 Å². The zero-order chi connectivity index (χ0) is 14.6. The number of aliphatic imine (C=N–C) groups is 1. The maximum Gasteiger partial charge on any atom is 0.407 e. The molecule has 1 amide bonds. The first kappa shape index (κ1) is 19.3. The fourth-order valence-electron chi connectivity index (χ4n) is 2.16. The van der Waals surface area contributed by atoms with E-state index in [4.69, 9.17) is 4.74 Å². The van der Waals surface area contributed by atoms with Gasteiger partial charge in [0.05, 0.1) is 6.04 Å². The van der Waals surface area contributed by atoms with Crippen molar-refractivity contribution in [1.82, 2.24) is 15.1 Å². The molecule has 1 aliphatic rings. The lowest BCUT2D eigenvalue weighted by molar-refractivity contribution is 0.0507. The Kier molecular flexibility index (Phi) is 7.61. The van der Waals surface area contributed by atoms with Gasteiger partial charge in [-0.2, -0.15) is 0 Å². The van der Waals surface area contributed by atoms with Gasteiger partial charge in [-0.1, -0.05) is 0 Å². The van der Waals surface area contributed by atoms with E-state index >= 15 is 0 Å². The van der Waals surface area contributed by atoms with Crippen LogP contribution in [-0.4, -0.2) is 67.7 Å². The molecule has 1 aliphatic heterocycles. The summed E-state index contributed by atoms with van der Waals surface area (Å²) in [4.78, 5) is 20.1. The van der Waals surface area contributed by atoms with E-state index in [-0.39, 0.29) is 36.1 Å². The van der Waals surface area contributed by atoms with Crippen LogP contribution in [0.2, 0.25) is 0 Å². The van der Waals surface area contributed by atoms with Gasteiger partial charge in [-0.25, -0.2) is 4.79 Å².